The molecule has 0 aliphatic carbocycles. The Bertz CT molecular complexity index is 450. The van der Waals surface area contributed by atoms with Crippen molar-refractivity contribution < 1.29 is 4.74 Å². The van der Waals surface area contributed by atoms with Crippen LogP contribution >= 0.6 is 0 Å². The van der Waals surface area contributed by atoms with Gasteiger partial charge >= 0.3 is 0 Å². The average Bonchev–Trinajstić information content (AvgIpc) is 2.33. The number of rotatable bonds is 6. The third kappa shape index (κ3) is 3.57. The molecule has 0 saturated heterocycles. The molecular weight excluding hydrogens is 220 g/mol. The first-order valence-corrected chi connectivity index (χ1v) is 5.54. The van der Waals surface area contributed by atoms with Crippen LogP contribution in [0.3, 0.4) is 0 Å². The van der Waals surface area contributed by atoms with Crippen molar-refractivity contribution in [2.24, 2.45) is 5.73 Å². The van der Waals surface area contributed by atoms with Gasteiger partial charge in [0, 0.05) is 6.07 Å². The molecule has 1 rings (SSSR count). The summed E-state index contributed by atoms with van der Waals surface area (Å²) in [6.45, 7) is 2.82. The molecule has 0 fully saturated rings. The van der Waals surface area contributed by atoms with Gasteiger partial charge < -0.3 is 10.5 Å². The number of ether oxygens (including phenoxy) is 1. The molecule has 2 N–H and O–H groups in total. The summed E-state index contributed by atoms with van der Waals surface area (Å²) in [6.07, 6.45) is 2.70. The Morgan fingerprint density at radius 2 is 2.47 bits per heavy atom. The molecule has 1 heterocycles. The highest BCUT2D eigenvalue weighted by atomic mass is 16.5. The second-order valence-electron chi connectivity index (χ2n) is 3.52. The minimum atomic E-state index is -0.527. The lowest BCUT2D eigenvalue weighted by Crippen LogP contribution is -2.25. The summed E-state index contributed by atoms with van der Waals surface area (Å²) in [5.41, 5.74) is 4.99. The van der Waals surface area contributed by atoms with Crippen LogP contribution in [-0.2, 0) is 0 Å². The molecule has 0 spiro atoms. The van der Waals surface area contributed by atoms with E-state index in [1.54, 1.807) is 0 Å². The standard InChI is InChI=1S/C11H16N4O2/c1-2-9(7-13)15-11(16)6-10(8-14-15)17-5-3-4-12/h6,8-9H,2-5,12H2,1H3. The Balaban J connectivity index is 2.80. The van der Waals surface area contributed by atoms with E-state index in [-0.39, 0.29) is 5.56 Å². The Labute approximate surface area is 99.6 Å². The number of nitrogens with two attached hydrogens (primary N) is 1. The highest BCUT2D eigenvalue weighted by Crippen LogP contribution is 2.08. The highest BCUT2D eigenvalue weighted by molar-refractivity contribution is 5.14. The fraction of sp³-hybridized carbons (Fsp3) is 0.545. The summed E-state index contributed by atoms with van der Waals surface area (Å²) >= 11 is 0. The van der Waals surface area contributed by atoms with E-state index in [0.717, 1.165) is 11.1 Å². The Morgan fingerprint density at radius 1 is 1.71 bits per heavy atom. The first-order valence-electron chi connectivity index (χ1n) is 5.54. The SMILES string of the molecule is CCC(C#N)n1ncc(OCCCN)cc1=O. The van der Waals surface area contributed by atoms with Gasteiger partial charge in [0.2, 0.25) is 0 Å². The van der Waals surface area contributed by atoms with Crippen molar-refractivity contribution in [3.05, 3.63) is 22.6 Å². The third-order valence-corrected chi connectivity index (χ3v) is 2.25. The van der Waals surface area contributed by atoms with Gasteiger partial charge in [0.1, 0.15) is 11.8 Å². The van der Waals surface area contributed by atoms with Crippen molar-refractivity contribution in [3.63, 3.8) is 0 Å². The fourth-order valence-electron chi connectivity index (χ4n) is 1.31. The van der Waals surface area contributed by atoms with Gasteiger partial charge in [0.15, 0.2) is 0 Å². The first-order chi connectivity index (χ1) is 8.22. The highest BCUT2D eigenvalue weighted by Gasteiger charge is 2.10. The van der Waals surface area contributed by atoms with Gasteiger partial charge in [-0.3, -0.25) is 4.79 Å². The lowest BCUT2D eigenvalue weighted by Gasteiger charge is -2.10. The molecule has 17 heavy (non-hydrogen) atoms. The van der Waals surface area contributed by atoms with E-state index in [9.17, 15) is 4.79 Å². The van der Waals surface area contributed by atoms with Crippen molar-refractivity contribution >= 4 is 0 Å². The molecule has 0 saturated carbocycles. The molecule has 0 aliphatic heterocycles. The number of nitriles is 1. The van der Waals surface area contributed by atoms with Crippen LogP contribution in [0.1, 0.15) is 25.8 Å². The minimum absolute atomic E-state index is 0.330. The van der Waals surface area contributed by atoms with E-state index in [2.05, 4.69) is 5.10 Å². The van der Waals surface area contributed by atoms with Gasteiger partial charge in [0.25, 0.3) is 5.56 Å². The minimum Gasteiger partial charge on any atom is -0.492 e. The topological polar surface area (TPSA) is 93.9 Å². The van der Waals surface area contributed by atoms with Crippen LogP contribution in [-0.4, -0.2) is 22.9 Å². The lowest BCUT2D eigenvalue weighted by atomic mass is 10.2. The molecule has 1 aromatic heterocycles. The van der Waals surface area contributed by atoms with Crippen molar-refractivity contribution in [1.82, 2.24) is 9.78 Å². The molecule has 1 atom stereocenters. The predicted octanol–water partition coefficient (Wildman–Crippen LogP) is 0.446. The summed E-state index contributed by atoms with van der Waals surface area (Å²) < 4.78 is 6.45. The van der Waals surface area contributed by atoms with E-state index in [4.69, 9.17) is 15.7 Å². The van der Waals surface area contributed by atoms with Gasteiger partial charge in [-0.1, -0.05) is 6.92 Å². The number of hydrogen-bond donors (Lipinski definition) is 1. The molecular formula is C11H16N4O2. The van der Waals surface area contributed by atoms with Gasteiger partial charge in [-0.2, -0.15) is 10.4 Å². The normalized spacial score (nSPS) is 11.8. The largest absolute Gasteiger partial charge is 0.492 e. The van der Waals surface area contributed by atoms with Crippen LogP contribution in [0.25, 0.3) is 0 Å². The summed E-state index contributed by atoms with van der Waals surface area (Å²) in [5.74, 6) is 0.410. The van der Waals surface area contributed by atoms with Crippen LogP contribution in [0.5, 0.6) is 5.75 Å². The molecule has 92 valence electrons. The lowest BCUT2D eigenvalue weighted by molar-refractivity contribution is 0.308. The maximum atomic E-state index is 11.7. The van der Waals surface area contributed by atoms with Crippen molar-refractivity contribution in [3.8, 4) is 11.8 Å². The molecule has 1 aromatic rings. The second-order valence-corrected chi connectivity index (χ2v) is 3.52. The second kappa shape index (κ2) is 6.66. The van der Waals surface area contributed by atoms with Crippen LogP contribution in [0.4, 0.5) is 0 Å². The third-order valence-electron chi connectivity index (χ3n) is 2.25. The molecule has 1 unspecified atom stereocenters. The Kier molecular flexibility index (Phi) is 5.17. The fourth-order valence-corrected chi connectivity index (χ4v) is 1.31. The summed E-state index contributed by atoms with van der Waals surface area (Å²) in [6, 6.07) is 2.83. The van der Waals surface area contributed by atoms with Gasteiger partial charge in [-0.25, -0.2) is 4.68 Å². The Hall–Kier alpha value is -1.87. The molecule has 0 radical (unpaired) electrons. The molecule has 0 aliphatic rings. The van der Waals surface area contributed by atoms with E-state index < -0.39 is 6.04 Å². The number of aromatic nitrogens is 2. The van der Waals surface area contributed by atoms with Crippen molar-refractivity contribution in [2.45, 2.75) is 25.8 Å². The zero-order valence-electron chi connectivity index (χ0n) is 9.80. The van der Waals surface area contributed by atoms with Gasteiger partial charge in [-0.05, 0) is 19.4 Å². The maximum absolute atomic E-state index is 11.7. The maximum Gasteiger partial charge on any atom is 0.271 e. The molecule has 0 amide bonds. The zero-order chi connectivity index (χ0) is 12.7. The zero-order valence-corrected chi connectivity index (χ0v) is 9.80. The van der Waals surface area contributed by atoms with Crippen LogP contribution in [0, 0.1) is 11.3 Å². The van der Waals surface area contributed by atoms with Gasteiger partial charge in [-0.15, -0.1) is 0 Å². The Morgan fingerprint density at radius 3 is 3.00 bits per heavy atom. The summed E-state index contributed by atoms with van der Waals surface area (Å²) in [4.78, 5) is 11.7. The number of hydrogen-bond acceptors (Lipinski definition) is 5. The summed E-state index contributed by atoms with van der Waals surface area (Å²) in [5, 5.41) is 12.8. The monoisotopic (exact) mass is 236 g/mol. The van der Waals surface area contributed by atoms with E-state index >= 15 is 0 Å². The van der Waals surface area contributed by atoms with Gasteiger partial charge in [0.05, 0.1) is 18.9 Å². The quantitative estimate of drug-likeness (QED) is 0.723. The summed E-state index contributed by atoms with van der Waals surface area (Å²) in [7, 11) is 0. The predicted molar refractivity (Wildman–Crippen MR) is 62.6 cm³/mol. The number of nitrogens with zero attached hydrogens (tertiary/aromatic N) is 3. The molecule has 6 heteroatoms. The average molecular weight is 236 g/mol. The van der Waals surface area contributed by atoms with E-state index in [1.165, 1.54) is 12.3 Å². The molecule has 0 aromatic carbocycles. The first kappa shape index (κ1) is 13.2. The van der Waals surface area contributed by atoms with Crippen LogP contribution < -0.4 is 16.0 Å². The van der Waals surface area contributed by atoms with E-state index in [0.29, 0.717) is 25.3 Å². The smallest absolute Gasteiger partial charge is 0.271 e. The van der Waals surface area contributed by atoms with E-state index in [1.807, 2.05) is 13.0 Å². The van der Waals surface area contributed by atoms with Crippen LogP contribution in [0.15, 0.2) is 17.1 Å². The van der Waals surface area contributed by atoms with Crippen molar-refractivity contribution in [1.29, 1.82) is 5.26 Å². The molecule has 0 bridgehead atoms. The van der Waals surface area contributed by atoms with Crippen molar-refractivity contribution in [2.75, 3.05) is 13.2 Å². The molecule has 6 nitrogen and oxygen atoms in total. The van der Waals surface area contributed by atoms with Crippen LogP contribution in [0.2, 0.25) is 0 Å².